The first-order valence-electron chi connectivity index (χ1n) is 5.69. The molecule has 1 atom stereocenters. The molecule has 0 aliphatic heterocycles. The van der Waals surface area contributed by atoms with Gasteiger partial charge in [0.05, 0.1) is 0 Å². The third-order valence-electron chi connectivity index (χ3n) is 2.05. The van der Waals surface area contributed by atoms with Gasteiger partial charge >= 0.3 is 11.9 Å². The fourth-order valence-electron chi connectivity index (χ4n) is 1.17. The highest BCUT2D eigenvalue weighted by atomic mass is 16.6. The molecule has 18 heavy (non-hydrogen) atoms. The molecule has 0 aliphatic carbocycles. The van der Waals surface area contributed by atoms with Crippen LogP contribution in [0.1, 0.15) is 32.6 Å². The molecule has 0 radical (unpaired) electrons. The molecule has 0 bridgehead atoms. The van der Waals surface area contributed by atoms with Crippen LogP contribution in [0.3, 0.4) is 0 Å². The van der Waals surface area contributed by atoms with Crippen molar-refractivity contribution in [1.29, 1.82) is 0 Å². The summed E-state index contributed by atoms with van der Waals surface area (Å²) in [6, 6.07) is 0. The van der Waals surface area contributed by atoms with Crippen LogP contribution in [0.2, 0.25) is 0 Å². The Morgan fingerprint density at radius 1 is 1.61 bits per heavy atom. The number of carbonyl (C=O) groups is 1. The molecular formula is C11H16N2O5. The number of aryl methyl sites for hydroxylation is 1. The van der Waals surface area contributed by atoms with E-state index in [-0.39, 0.29) is 12.0 Å². The van der Waals surface area contributed by atoms with Crippen LogP contribution in [0.4, 0.5) is 4.79 Å². The molecular weight excluding hydrogens is 240 g/mol. The van der Waals surface area contributed by atoms with E-state index in [1.54, 1.807) is 13.0 Å². The summed E-state index contributed by atoms with van der Waals surface area (Å²) in [7, 11) is 0. The number of alkyl carbamates (subject to hydrolysis) is 1. The minimum atomic E-state index is -0.832. The Kier molecular flexibility index (Phi) is 5.69. The minimum Gasteiger partial charge on any atom is -0.446 e. The maximum absolute atomic E-state index is 11.3. The van der Waals surface area contributed by atoms with Crippen molar-refractivity contribution in [2.45, 2.75) is 39.2 Å². The number of aromatic nitrogens is 1. The molecule has 1 rings (SSSR count). The second kappa shape index (κ2) is 7.31. The van der Waals surface area contributed by atoms with Gasteiger partial charge < -0.3 is 9.15 Å². The molecule has 100 valence electrons. The van der Waals surface area contributed by atoms with E-state index in [9.17, 15) is 9.59 Å². The summed E-state index contributed by atoms with van der Waals surface area (Å²) in [4.78, 5) is 21.8. The molecule has 1 N–H and O–H groups in total. The maximum atomic E-state index is 11.3. The lowest BCUT2D eigenvalue weighted by atomic mass is 10.2. The number of ether oxygens (including phenoxy) is 1. The molecule has 0 fully saturated rings. The number of nitrogens with one attached hydrogen (secondary N) is 1. The van der Waals surface area contributed by atoms with Crippen molar-refractivity contribution >= 4 is 6.09 Å². The molecule has 1 heterocycles. The number of rotatable bonds is 6. The van der Waals surface area contributed by atoms with Gasteiger partial charge in [0.1, 0.15) is 6.10 Å². The van der Waals surface area contributed by atoms with Crippen molar-refractivity contribution in [2.75, 3.05) is 0 Å². The van der Waals surface area contributed by atoms with Crippen LogP contribution in [-0.2, 0) is 11.2 Å². The van der Waals surface area contributed by atoms with Crippen LogP contribution < -0.4 is 11.1 Å². The van der Waals surface area contributed by atoms with Crippen molar-refractivity contribution < 1.29 is 18.5 Å². The maximum Gasteiger partial charge on any atom is 0.542 e. The monoisotopic (exact) mass is 256 g/mol. The lowest BCUT2D eigenvalue weighted by molar-refractivity contribution is 0.104. The van der Waals surface area contributed by atoms with E-state index in [0.29, 0.717) is 12.8 Å². The number of allylic oxidation sites excluding steroid dienone is 1. The topological polar surface area (TPSA) is 94.6 Å². The van der Waals surface area contributed by atoms with Crippen LogP contribution in [0.25, 0.3) is 0 Å². The second-order valence-corrected chi connectivity index (χ2v) is 3.64. The Morgan fingerprint density at radius 2 is 2.39 bits per heavy atom. The number of carbonyl (C=O) groups excluding carboxylic acids is 1. The molecule has 0 saturated carbocycles. The SMILES string of the molecule is CCC=CNC(=O)OC(C)CCc1noc(=O)o1. The second-order valence-electron chi connectivity index (χ2n) is 3.64. The van der Waals surface area contributed by atoms with Crippen molar-refractivity contribution in [3.05, 3.63) is 28.8 Å². The van der Waals surface area contributed by atoms with Gasteiger partial charge in [-0.05, 0) is 24.9 Å². The largest absolute Gasteiger partial charge is 0.542 e. The minimum absolute atomic E-state index is 0.196. The lowest BCUT2D eigenvalue weighted by Crippen LogP contribution is -2.24. The quantitative estimate of drug-likeness (QED) is 0.830. The highest BCUT2D eigenvalue weighted by molar-refractivity contribution is 5.68. The van der Waals surface area contributed by atoms with Gasteiger partial charge in [-0.25, -0.2) is 9.59 Å². The predicted molar refractivity (Wildman–Crippen MR) is 61.9 cm³/mol. The summed E-state index contributed by atoms with van der Waals surface area (Å²) in [5.74, 6) is -0.636. The number of amides is 1. The number of nitrogens with zero attached hydrogens (tertiary/aromatic N) is 1. The van der Waals surface area contributed by atoms with E-state index in [4.69, 9.17) is 4.74 Å². The standard InChI is InChI=1S/C11H16N2O5/c1-3-4-7-12-10(14)16-8(2)5-6-9-13-18-11(15)17-9/h4,7-8H,3,5-6H2,1-2H3,(H,12,14). The zero-order valence-electron chi connectivity index (χ0n) is 10.3. The van der Waals surface area contributed by atoms with Gasteiger partial charge in [0.15, 0.2) is 0 Å². The smallest absolute Gasteiger partial charge is 0.446 e. The molecule has 1 amide bonds. The van der Waals surface area contributed by atoms with E-state index in [0.717, 1.165) is 6.42 Å². The predicted octanol–water partition coefficient (Wildman–Crippen LogP) is 1.60. The summed E-state index contributed by atoms with van der Waals surface area (Å²) in [5.41, 5.74) is 0. The Bertz CT molecular complexity index is 448. The Morgan fingerprint density at radius 3 is 3.00 bits per heavy atom. The molecule has 1 aromatic heterocycles. The molecule has 1 unspecified atom stereocenters. The van der Waals surface area contributed by atoms with E-state index in [1.807, 2.05) is 6.92 Å². The molecule has 0 spiro atoms. The molecule has 0 aromatic carbocycles. The summed E-state index contributed by atoms with van der Waals surface area (Å²) in [6.45, 7) is 3.69. The summed E-state index contributed by atoms with van der Waals surface area (Å²) in [5, 5.41) is 5.87. The normalized spacial score (nSPS) is 12.6. The summed E-state index contributed by atoms with van der Waals surface area (Å²) >= 11 is 0. The fourth-order valence-corrected chi connectivity index (χ4v) is 1.17. The van der Waals surface area contributed by atoms with Crippen molar-refractivity contribution in [2.24, 2.45) is 0 Å². The lowest BCUT2D eigenvalue weighted by Gasteiger charge is -2.11. The van der Waals surface area contributed by atoms with E-state index in [1.165, 1.54) is 6.20 Å². The third kappa shape index (κ3) is 5.33. The van der Waals surface area contributed by atoms with Crippen LogP contribution in [0, 0.1) is 0 Å². The molecule has 1 aromatic rings. The highest BCUT2D eigenvalue weighted by Gasteiger charge is 2.11. The first-order chi connectivity index (χ1) is 8.61. The number of hydrogen-bond acceptors (Lipinski definition) is 6. The average molecular weight is 256 g/mol. The third-order valence-corrected chi connectivity index (χ3v) is 2.05. The van der Waals surface area contributed by atoms with Crippen molar-refractivity contribution in [3.8, 4) is 0 Å². The Balaban J connectivity index is 2.24. The van der Waals surface area contributed by atoms with Gasteiger partial charge in [-0.2, -0.15) is 0 Å². The molecule has 7 heteroatoms. The van der Waals surface area contributed by atoms with Gasteiger partial charge in [-0.3, -0.25) is 9.84 Å². The van der Waals surface area contributed by atoms with Gasteiger partial charge in [0, 0.05) is 12.6 Å². The van der Waals surface area contributed by atoms with Crippen LogP contribution in [0.15, 0.2) is 26.0 Å². The Labute approximate surface area is 104 Å². The van der Waals surface area contributed by atoms with Crippen LogP contribution >= 0.6 is 0 Å². The summed E-state index contributed by atoms with van der Waals surface area (Å²) in [6.07, 6.45) is 4.18. The first-order valence-corrected chi connectivity index (χ1v) is 5.69. The van der Waals surface area contributed by atoms with Crippen LogP contribution in [-0.4, -0.2) is 17.4 Å². The Hall–Kier alpha value is -2.05. The van der Waals surface area contributed by atoms with E-state index >= 15 is 0 Å². The number of hydrogen-bond donors (Lipinski definition) is 1. The average Bonchev–Trinajstić information content (AvgIpc) is 2.73. The van der Waals surface area contributed by atoms with Gasteiger partial charge in [0.2, 0.25) is 5.89 Å². The fraction of sp³-hybridized carbons (Fsp3) is 0.545. The van der Waals surface area contributed by atoms with Gasteiger partial charge in [-0.1, -0.05) is 13.0 Å². The zero-order chi connectivity index (χ0) is 13.4. The highest BCUT2D eigenvalue weighted by Crippen LogP contribution is 2.04. The first kappa shape index (κ1) is 14.0. The van der Waals surface area contributed by atoms with Crippen LogP contribution in [0.5, 0.6) is 0 Å². The molecule has 0 aliphatic rings. The van der Waals surface area contributed by atoms with Gasteiger partial charge in [0.25, 0.3) is 0 Å². The van der Waals surface area contributed by atoms with Crippen molar-refractivity contribution in [1.82, 2.24) is 10.5 Å². The van der Waals surface area contributed by atoms with Gasteiger partial charge in [-0.15, -0.1) is 0 Å². The molecule has 0 saturated heterocycles. The van der Waals surface area contributed by atoms with Crippen molar-refractivity contribution in [3.63, 3.8) is 0 Å². The zero-order valence-corrected chi connectivity index (χ0v) is 10.3. The summed E-state index contributed by atoms with van der Waals surface area (Å²) < 4.78 is 13.9. The van der Waals surface area contributed by atoms with E-state index in [2.05, 4.69) is 19.4 Å². The molecule has 7 nitrogen and oxygen atoms in total. The van der Waals surface area contributed by atoms with E-state index < -0.39 is 11.9 Å².